The average molecular weight is 232 g/mol. The maximum absolute atomic E-state index is 7.63. The highest BCUT2D eigenvalue weighted by Crippen LogP contribution is 2.22. The molecule has 0 amide bonds. The Balaban J connectivity index is 2.74. The number of pyridine rings is 1. The van der Waals surface area contributed by atoms with Gasteiger partial charge in [0.15, 0.2) is 5.69 Å². The van der Waals surface area contributed by atoms with Crippen LogP contribution in [0, 0.1) is 27.6 Å². The van der Waals surface area contributed by atoms with Gasteiger partial charge in [-0.1, -0.05) is 17.7 Å². The minimum absolute atomic E-state index is 0.245. The first kappa shape index (κ1) is 6.34. The van der Waals surface area contributed by atoms with Crippen LogP contribution in [0.3, 0.4) is 0 Å². The molecule has 17 heavy (non-hydrogen) atoms. The average Bonchev–Trinajstić information content (AvgIpc) is 2.40. The molecule has 0 fully saturated rings. The van der Waals surface area contributed by atoms with E-state index in [0.717, 1.165) is 16.8 Å². The Hall–Kier alpha value is -1.63. The molecule has 0 radical (unpaired) electrons. The molecule has 0 aliphatic carbocycles. The van der Waals surface area contributed by atoms with Crippen molar-refractivity contribution in [3.05, 3.63) is 52.7 Å². The highest BCUT2D eigenvalue weighted by Gasteiger charge is 2.15. The van der Waals surface area contributed by atoms with Crippen LogP contribution in [-0.4, -0.2) is 0 Å². The van der Waals surface area contributed by atoms with Gasteiger partial charge in [-0.05, 0) is 37.8 Å². The fraction of sp³-hybridized carbons (Fsp3) is 0.312. The van der Waals surface area contributed by atoms with E-state index >= 15 is 0 Å². The molecule has 0 saturated carbocycles. The predicted octanol–water partition coefficient (Wildman–Crippen LogP) is 3.41. The second kappa shape index (κ2) is 4.33. The topological polar surface area (TPSA) is 3.88 Å². The van der Waals surface area contributed by atoms with Crippen molar-refractivity contribution in [1.82, 2.24) is 0 Å². The van der Waals surface area contributed by atoms with Gasteiger partial charge in [0.05, 0.1) is 0 Å². The zero-order valence-electron chi connectivity index (χ0n) is 16.3. The van der Waals surface area contributed by atoms with E-state index < -0.39 is 13.7 Å². The Morgan fingerprint density at radius 3 is 2.47 bits per heavy atom. The standard InChI is InChI=1S/C16H20N/c1-11-6-7-13(3)15(9-11)16-10-12(2)8-14(4)17(16)5/h6-10H,1-5H3/q+1/i1D3,2D3. The first-order valence-electron chi connectivity index (χ1n) is 8.54. The Morgan fingerprint density at radius 2 is 1.76 bits per heavy atom. The van der Waals surface area contributed by atoms with E-state index in [0.29, 0.717) is 5.69 Å². The molecule has 88 valence electrons. The SMILES string of the molecule is [2H]C([2H])([2H])c1ccc(C)c(-c2cc(C([2H])([2H])[2H])cc(C)[n+]2C)c1. The van der Waals surface area contributed by atoms with E-state index in [1.807, 2.05) is 25.5 Å². The summed E-state index contributed by atoms with van der Waals surface area (Å²) in [7, 11) is 1.84. The summed E-state index contributed by atoms with van der Waals surface area (Å²) in [6.45, 7) is -0.682. The summed E-state index contributed by atoms with van der Waals surface area (Å²) in [4.78, 5) is 0. The number of hydrogen-bond acceptors (Lipinski definition) is 0. The van der Waals surface area contributed by atoms with Crippen LogP contribution in [0.2, 0.25) is 0 Å². The van der Waals surface area contributed by atoms with Crippen LogP contribution in [0.1, 0.15) is 30.6 Å². The molecule has 0 saturated heterocycles. The van der Waals surface area contributed by atoms with Crippen LogP contribution in [0.15, 0.2) is 30.3 Å². The van der Waals surface area contributed by atoms with Gasteiger partial charge in [-0.3, -0.25) is 0 Å². The molecule has 2 aromatic rings. The third-order valence-corrected chi connectivity index (χ3v) is 3.06. The van der Waals surface area contributed by atoms with Gasteiger partial charge < -0.3 is 0 Å². The lowest BCUT2D eigenvalue weighted by atomic mass is 10.0. The van der Waals surface area contributed by atoms with Crippen molar-refractivity contribution < 1.29 is 12.8 Å². The fourth-order valence-electron chi connectivity index (χ4n) is 1.95. The molecular formula is C16H20N+. The van der Waals surface area contributed by atoms with Crippen LogP contribution in [0.25, 0.3) is 11.3 Å². The van der Waals surface area contributed by atoms with Crippen molar-refractivity contribution in [2.45, 2.75) is 27.6 Å². The quantitative estimate of drug-likeness (QED) is 0.663. The minimum Gasteiger partial charge on any atom is -0.199 e. The molecule has 1 heteroatoms. The first-order chi connectivity index (χ1) is 10.4. The number of aryl methyl sites for hydroxylation is 4. The lowest BCUT2D eigenvalue weighted by Crippen LogP contribution is -2.35. The molecular weight excluding hydrogens is 206 g/mol. The van der Waals surface area contributed by atoms with Crippen molar-refractivity contribution >= 4 is 0 Å². The van der Waals surface area contributed by atoms with E-state index in [9.17, 15) is 0 Å². The van der Waals surface area contributed by atoms with Crippen molar-refractivity contribution in [3.8, 4) is 11.3 Å². The van der Waals surface area contributed by atoms with Crippen LogP contribution in [0.5, 0.6) is 0 Å². The first-order valence-corrected chi connectivity index (χ1v) is 5.54. The van der Waals surface area contributed by atoms with Crippen molar-refractivity contribution in [1.29, 1.82) is 0 Å². The summed E-state index contributed by atoms with van der Waals surface area (Å²) in [6, 6.07) is 8.23. The van der Waals surface area contributed by atoms with Crippen LogP contribution in [-0.2, 0) is 7.05 Å². The third-order valence-electron chi connectivity index (χ3n) is 3.06. The van der Waals surface area contributed by atoms with Gasteiger partial charge in [-0.15, -0.1) is 0 Å². The van der Waals surface area contributed by atoms with Gasteiger partial charge in [0, 0.05) is 32.8 Å². The Labute approximate surface area is 112 Å². The van der Waals surface area contributed by atoms with Crippen molar-refractivity contribution in [3.63, 3.8) is 0 Å². The molecule has 0 aliphatic rings. The number of aromatic nitrogens is 1. The summed E-state index contributed by atoms with van der Waals surface area (Å²) < 4.78 is 47.5. The van der Waals surface area contributed by atoms with Crippen LogP contribution in [0.4, 0.5) is 0 Å². The lowest BCUT2D eigenvalue weighted by molar-refractivity contribution is -0.666. The van der Waals surface area contributed by atoms with Gasteiger partial charge in [0.25, 0.3) is 0 Å². The molecule has 1 aromatic heterocycles. The molecule has 0 spiro atoms. The maximum atomic E-state index is 7.63. The molecule has 0 aliphatic heterocycles. The molecule has 1 aromatic carbocycles. The highest BCUT2D eigenvalue weighted by molar-refractivity contribution is 5.62. The lowest BCUT2D eigenvalue weighted by Gasteiger charge is -2.08. The summed E-state index contributed by atoms with van der Waals surface area (Å²) >= 11 is 0. The Morgan fingerprint density at radius 1 is 1.00 bits per heavy atom. The normalized spacial score (nSPS) is 17.4. The maximum Gasteiger partial charge on any atom is 0.212 e. The Kier molecular flexibility index (Phi) is 1.61. The van der Waals surface area contributed by atoms with Gasteiger partial charge in [0.1, 0.15) is 7.05 Å². The van der Waals surface area contributed by atoms with Crippen molar-refractivity contribution in [2.75, 3.05) is 0 Å². The van der Waals surface area contributed by atoms with Crippen LogP contribution < -0.4 is 4.57 Å². The number of rotatable bonds is 1. The monoisotopic (exact) mass is 232 g/mol. The molecule has 1 nitrogen and oxygen atoms in total. The summed E-state index contributed by atoms with van der Waals surface area (Å²) in [5, 5.41) is 0. The fourth-order valence-corrected chi connectivity index (χ4v) is 1.95. The van der Waals surface area contributed by atoms with Gasteiger partial charge in [-0.2, -0.15) is 4.57 Å². The zero-order valence-corrected chi connectivity index (χ0v) is 10.3. The Bertz CT molecular complexity index is 743. The van der Waals surface area contributed by atoms with E-state index in [-0.39, 0.29) is 11.1 Å². The second-order valence-corrected chi connectivity index (χ2v) is 4.36. The van der Waals surface area contributed by atoms with Gasteiger partial charge in [-0.25, -0.2) is 0 Å². The highest BCUT2D eigenvalue weighted by atomic mass is 14.9. The largest absolute Gasteiger partial charge is 0.212 e. The van der Waals surface area contributed by atoms with E-state index in [2.05, 4.69) is 0 Å². The second-order valence-electron chi connectivity index (χ2n) is 4.36. The van der Waals surface area contributed by atoms with Crippen LogP contribution >= 0.6 is 0 Å². The predicted molar refractivity (Wildman–Crippen MR) is 72.0 cm³/mol. The summed E-state index contributed by atoms with van der Waals surface area (Å²) in [6.07, 6.45) is 0. The van der Waals surface area contributed by atoms with Gasteiger partial charge in [0.2, 0.25) is 5.69 Å². The van der Waals surface area contributed by atoms with Gasteiger partial charge >= 0.3 is 0 Å². The smallest absolute Gasteiger partial charge is 0.199 e. The molecule has 0 N–H and O–H groups in total. The number of hydrogen-bond donors (Lipinski definition) is 0. The number of benzene rings is 1. The van der Waals surface area contributed by atoms with E-state index in [4.69, 9.17) is 8.22 Å². The molecule has 0 unspecified atom stereocenters. The molecule has 0 atom stereocenters. The number of nitrogens with zero attached hydrogens (tertiary/aromatic N) is 1. The molecule has 1 heterocycles. The minimum atomic E-state index is -2.21. The zero-order chi connectivity index (χ0) is 17.6. The summed E-state index contributed by atoms with van der Waals surface area (Å²) in [5.41, 5.74) is 3.62. The third kappa shape index (κ3) is 2.23. The van der Waals surface area contributed by atoms with E-state index in [1.165, 1.54) is 0 Å². The molecule has 2 rings (SSSR count). The molecule has 0 bridgehead atoms. The van der Waals surface area contributed by atoms with Crippen molar-refractivity contribution in [2.24, 2.45) is 7.05 Å². The summed E-state index contributed by atoms with van der Waals surface area (Å²) in [5.74, 6) is 0. The van der Waals surface area contributed by atoms with E-state index in [1.54, 1.807) is 30.3 Å².